The van der Waals surface area contributed by atoms with E-state index < -0.39 is 0 Å². The lowest BCUT2D eigenvalue weighted by Crippen LogP contribution is -2.48. The van der Waals surface area contributed by atoms with E-state index in [1.54, 1.807) is 34.8 Å². The first-order valence-corrected chi connectivity index (χ1v) is 9.28. The van der Waals surface area contributed by atoms with Gasteiger partial charge < -0.3 is 20.2 Å². The topological polar surface area (TPSA) is 90.7 Å². The first-order valence-electron chi connectivity index (χ1n) is 9.28. The highest BCUT2D eigenvalue weighted by Gasteiger charge is 2.37. The highest BCUT2D eigenvalue weighted by molar-refractivity contribution is 5.80. The normalized spacial score (nSPS) is 24.7. The van der Waals surface area contributed by atoms with Crippen LogP contribution in [-0.4, -0.2) is 69.9 Å². The van der Waals surface area contributed by atoms with Gasteiger partial charge in [-0.2, -0.15) is 5.10 Å². The van der Waals surface area contributed by atoms with E-state index in [1.807, 2.05) is 13.2 Å². The Hall–Kier alpha value is -2.09. The lowest BCUT2D eigenvalue weighted by molar-refractivity contribution is -0.128. The maximum atomic E-state index is 12.8. The zero-order chi connectivity index (χ0) is 18.8. The second kappa shape index (κ2) is 7.65. The Bertz CT molecular complexity index is 645. The number of nitrogens with zero attached hydrogens (tertiary/aromatic N) is 4. The number of piperidine rings is 1. The number of aromatic nitrogens is 2. The van der Waals surface area contributed by atoms with Gasteiger partial charge in [0.25, 0.3) is 0 Å². The first-order chi connectivity index (χ1) is 12.3. The van der Waals surface area contributed by atoms with Crippen molar-refractivity contribution in [2.24, 2.45) is 18.9 Å². The standard InChI is InChI=1S/C18H29N5O3/c1-21(2)18(26)23-6-4-12(5-7-23)17(25)20-16(13-8-15(24)9-13)14-10-19-22(3)11-14/h10-13,15-16,24H,4-9H2,1-3H3,(H,20,25). The summed E-state index contributed by atoms with van der Waals surface area (Å²) in [6.45, 7) is 1.21. The molecule has 1 aromatic rings. The predicted octanol–water partition coefficient (Wildman–Crippen LogP) is 0.742. The van der Waals surface area contributed by atoms with Gasteiger partial charge in [0.05, 0.1) is 18.3 Å². The minimum absolute atomic E-state index is 0.000509. The van der Waals surface area contributed by atoms with E-state index in [0.717, 1.165) is 5.56 Å². The molecule has 1 saturated heterocycles. The third-order valence-corrected chi connectivity index (χ3v) is 5.52. The molecule has 144 valence electrons. The summed E-state index contributed by atoms with van der Waals surface area (Å²) in [5.41, 5.74) is 0.984. The van der Waals surface area contributed by atoms with Crippen LogP contribution in [-0.2, 0) is 11.8 Å². The molecule has 3 rings (SSSR count). The molecule has 1 saturated carbocycles. The summed E-state index contributed by atoms with van der Waals surface area (Å²) in [7, 11) is 5.34. The number of aryl methyl sites for hydroxylation is 1. The van der Waals surface area contributed by atoms with Crippen molar-refractivity contribution in [3.63, 3.8) is 0 Å². The maximum absolute atomic E-state index is 12.8. The molecule has 2 aliphatic rings. The van der Waals surface area contributed by atoms with E-state index in [1.165, 1.54) is 0 Å². The van der Waals surface area contributed by atoms with Gasteiger partial charge in [-0.05, 0) is 31.6 Å². The van der Waals surface area contributed by atoms with E-state index >= 15 is 0 Å². The molecule has 1 unspecified atom stereocenters. The van der Waals surface area contributed by atoms with Crippen molar-refractivity contribution in [1.82, 2.24) is 24.9 Å². The molecule has 0 aromatic carbocycles. The molecule has 1 atom stereocenters. The first kappa shape index (κ1) is 18.7. The van der Waals surface area contributed by atoms with Crippen molar-refractivity contribution in [3.05, 3.63) is 18.0 Å². The summed E-state index contributed by atoms with van der Waals surface area (Å²) in [5.74, 6) is 0.205. The smallest absolute Gasteiger partial charge is 0.319 e. The summed E-state index contributed by atoms with van der Waals surface area (Å²) in [6, 6.07) is -0.110. The molecule has 1 aliphatic heterocycles. The van der Waals surface area contributed by atoms with Crippen LogP contribution in [0.2, 0.25) is 0 Å². The van der Waals surface area contributed by atoms with Crippen molar-refractivity contribution in [1.29, 1.82) is 0 Å². The van der Waals surface area contributed by atoms with Crippen LogP contribution in [0.15, 0.2) is 12.4 Å². The molecule has 8 heteroatoms. The van der Waals surface area contributed by atoms with Crippen LogP contribution in [0, 0.1) is 11.8 Å². The van der Waals surface area contributed by atoms with E-state index in [0.29, 0.717) is 38.8 Å². The van der Waals surface area contributed by atoms with E-state index in [4.69, 9.17) is 0 Å². The Kier molecular flexibility index (Phi) is 5.50. The number of amides is 3. The number of hydrogen-bond donors (Lipinski definition) is 2. The number of hydrogen-bond acceptors (Lipinski definition) is 4. The molecule has 1 aliphatic carbocycles. The summed E-state index contributed by atoms with van der Waals surface area (Å²) in [4.78, 5) is 28.2. The monoisotopic (exact) mass is 363 g/mol. The van der Waals surface area contributed by atoms with Crippen LogP contribution in [0.25, 0.3) is 0 Å². The van der Waals surface area contributed by atoms with E-state index in [2.05, 4.69) is 10.4 Å². The average molecular weight is 363 g/mol. The molecule has 2 fully saturated rings. The Morgan fingerprint density at radius 2 is 1.96 bits per heavy atom. The van der Waals surface area contributed by atoms with Crippen molar-refractivity contribution >= 4 is 11.9 Å². The van der Waals surface area contributed by atoms with Crippen LogP contribution in [0.1, 0.15) is 37.3 Å². The van der Waals surface area contributed by atoms with Crippen molar-refractivity contribution in [3.8, 4) is 0 Å². The quantitative estimate of drug-likeness (QED) is 0.826. The molecular weight excluding hydrogens is 334 g/mol. The highest BCUT2D eigenvalue weighted by atomic mass is 16.3. The van der Waals surface area contributed by atoms with Crippen LogP contribution in [0.3, 0.4) is 0 Å². The van der Waals surface area contributed by atoms with Gasteiger partial charge in [-0.1, -0.05) is 0 Å². The van der Waals surface area contributed by atoms with Crippen LogP contribution in [0.4, 0.5) is 4.79 Å². The number of urea groups is 1. The minimum Gasteiger partial charge on any atom is -0.393 e. The largest absolute Gasteiger partial charge is 0.393 e. The van der Waals surface area contributed by atoms with Gasteiger partial charge in [0, 0.05) is 51.9 Å². The third-order valence-electron chi connectivity index (χ3n) is 5.52. The number of aliphatic hydroxyl groups is 1. The summed E-state index contributed by atoms with van der Waals surface area (Å²) in [6.07, 6.45) is 6.21. The van der Waals surface area contributed by atoms with Gasteiger partial charge in [-0.3, -0.25) is 9.48 Å². The third kappa shape index (κ3) is 4.00. The van der Waals surface area contributed by atoms with Gasteiger partial charge in [0.15, 0.2) is 0 Å². The Balaban J connectivity index is 1.59. The van der Waals surface area contributed by atoms with Crippen molar-refractivity contribution in [2.75, 3.05) is 27.2 Å². The summed E-state index contributed by atoms with van der Waals surface area (Å²) >= 11 is 0. The molecule has 0 spiro atoms. The molecule has 8 nitrogen and oxygen atoms in total. The van der Waals surface area contributed by atoms with Crippen LogP contribution < -0.4 is 5.32 Å². The summed E-state index contributed by atoms with van der Waals surface area (Å²) in [5, 5.41) is 17.1. The van der Waals surface area contributed by atoms with E-state index in [-0.39, 0.29) is 35.9 Å². The molecule has 3 amide bonds. The van der Waals surface area contributed by atoms with Crippen molar-refractivity contribution < 1.29 is 14.7 Å². The fourth-order valence-electron chi connectivity index (χ4n) is 3.86. The zero-order valence-corrected chi connectivity index (χ0v) is 15.8. The van der Waals surface area contributed by atoms with Gasteiger partial charge in [-0.15, -0.1) is 0 Å². The van der Waals surface area contributed by atoms with Crippen LogP contribution >= 0.6 is 0 Å². The van der Waals surface area contributed by atoms with Crippen LogP contribution in [0.5, 0.6) is 0 Å². The van der Waals surface area contributed by atoms with Gasteiger partial charge in [0.1, 0.15) is 0 Å². The molecular formula is C18H29N5O3. The number of aliphatic hydroxyl groups excluding tert-OH is 1. The Morgan fingerprint density at radius 3 is 2.46 bits per heavy atom. The Morgan fingerprint density at radius 1 is 1.31 bits per heavy atom. The second-order valence-electron chi connectivity index (χ2n) is 7.76. The second-order valence-corrected chi connectivity index (χ2v) is 7.76. The SMILES string of the molecule is CN(C)C(=O)N1CCC(C(=O)NC(c2cnn(C)c2)C2CC(O)C2)CC1. The van der Waals surface area contributed by atoms with Gasteiger partial charge in [-0.25, -0.2) is 4.79 Å². The maximum Gasteiger partial charge on any atom is 0.319 e. The number of carbonyl (C=O) groups is 2. The fourth-order valence-corrected chi connectivity index (χ4v) is 3.86. The Labute approximate surface area is 154 Å². The molecule has 2 N–H and O–H groups in total. The minimum atomic E-state index is -0.267. The lowest BCUT2D eigenvalue weighted by Gasteiger charge is -2.39. The molecule has 26 heavy (non-hydrogen) atoms. The van der Waals surface area contributed by atoms with Gasteiger partial charge >= 0.3 is 6.03 Å². The number of rotatable bonds is 4. The number of carbonyl (C=O) groups excluding carboxylic acids is 2. The molecule has 0 radical (unpaired) electrons. The molecule has 0 bridgehead atoms. The summed E-state index contributed by atoms with van der Waals surface area (Å²) < 4.78 is 1.73. The fraction of sp³-hybridized carbons (Fsp3) is 0.722. The average Bonchev–Trinajstić information content (AvgIpc) is 3.02. The van der Waals surface area contributed by atoms with Crippen molar-refractivity contribution in [2.45, 2.75) is 37.8 Å². The molecule has 1 aromatic heterocycles. The zero-order valence-electron chi connectivity index (χ0n) is 15.8. The van der Waals surface area contributed by atoms with E-state index in [9.17, 15) is 14.7 Å². The number of likely N-dealkylation sites (tertiary alicyclic amines) is 1. The lowest BCUT2D eigenvalue weighted by atomic mass is 9.75. The highest BCUT2D eigenvalue weighted by Crippen LogP contribution is 2.38. The van der Waals surface area contributed by atoms with Gasteiger partial charge in [0.2, 0.25) is 5.91 Å². The molecule has 2 heterocycles. The number of nitrogens with one attached hydrogen (secondary N) is 1. The predicted molar refractivity (Wildman–Crippen MR) is 96.2 cm³/mol.